The number of phosphoric ester groups is 2. The second kappa shape index (κ2) is 36.0. The molecule has 0 aromatic carbocycles. The van der Waals surface area contributed by atoms with Crippen molar-refractivity contribution in [3.05, 3.63) is 59.2 Å². The number of rotatable bonds is 42. The molecule has 1 aromatic rings. The van der Waals surface area contributed by atoms with E-state index >= 15 is 0 Å². The van der Waals surface area contributed by atoms with Gasteiger partial charge in [-0.25, -0.2) is 13.9 Å². The van der Waals surface area contributed by atoms with Crippen molar-refractivity contribution in [2.24, 2.45) is 0 Å². The van der Waals surface area contributed by atoms with Crippen molar-refractivity contribution in [1.82, 2.24) is 9.55 Å². The molecular formula is C50H85N3O16P2. The van der Waals surface area contributed by atoms with Crippen LogP contribution in [0.5, 0.6) is 0 Å². The van der Waals surface area contributed by atoms with Crippen LogP contribution >= 0.6 is 15.6 Å². The van der Waals surface area contributed by atoms with Crippen LogP contribution in [0.25, 0.3) is 0 Å². The Labute approximate surface area is 421 Å². The lowest BCUT2D eigenvalue weighted by atomic mass is 10.0. The Morgan fingerprint density at radius 3 is 1.86 bits per heavy atom. The molecule has 3 heterocycles. The summed E-state index contributed by atoms with van der Waals surface area (Å²) in [7, 11) is -10.9. The number of esters is 2. The van der Waals surface area contributed by atoms with E-state index in [1.165, 1.54) is 89.5 Å². The van der Waals surface area contributed by atoms with E-state index in [2.05, 4.69) is 47.4 Å². The lowest BCUT2D eigenvalue weighted by molar-refractivity contribution is -0.161. The fourth-order valence-corrected chi connectivity index (χ4v) is 10.0. The maximum absolute atomic E-state index is 12.9. The molecule has 0 aliphatic carbocycles. The van der Waals surface area contributed by atoms with E-state index in [1.807, 2.05) is 12.2 Å². The largest absolute Gasteiger partial charge is 0.481 e. The maximum Gasteiger partial charge on any atom is 0.481 e. The van der Waals surface area contributed by atoms with E-state index in [0.717, 1.165) is 62.1 Å². The number of nitrogens with two attached hydrogens (primary N) is 1. The summed E-state index contributed by atoms with van der Waals surface area (Å²) in [5.41, 5.74) is 4.59. The highest BCUT2D eigenvalue weighted by molar-refractivity contribution is 7.61. The van der Waals surface area contributed by atoms with Gasteiger partial charge >= 0.3 is 33.3 Å². The molecular weight excluding hydrogens is 961 g/mol. The van der Waals surface area contributed by atoms with E-state index < -0.39 is 83.7 Å². The minimum Gasteiger partial charge on any atom is -0.462 e. The van der Waals surface area contributed by atoms with Gasteiger partial charge in [0.05, 0.1) is 25.4 Å². The normalized spacial score (nSPS) is 22.3. The first kappa shape index (κ1) is 62.2. The molecule has 2 aliphatic heterocycles. The van der Waals surface area contributed by atoms with Crippen molar-refractivity contribution in [1.29, 1.82) is 0 Å². The van der Waals surface area contributed by atoms with Crippen LogP contribution in [0.15, 0.2) is 53.5 Å². The summed E-state index contributed by atoms with van der Waals surface area (Å²) in [6.45, 7) is 2.08. The van der Waals surface area contributed by atoms with Crippen LogP contribution in [0, 0.1) is 0 Å². The number of allylic oxidation sites excluding steroid dienone is 4. The van der Waals surface area contributed by atoms with Gasteiger partial charge in [-0.2, -0.15) is 9.29 Å². The Balaban J connectivity index is 1.41. The predicted octanol–water partition coefficient (Wildman–Crippen LogP) is 9.77. The van der Waals surface area contributed by atoms with Crippen LogP contribution in [0.3, 0.4) is 0 Å². The summed E-state index contributed by atoms with van der Waals surface area (Å²) in [4.78, 5) is 62.0. The third-order valence-corrected chi connectivity index (χ3v) is 14.7. The summed E-state index contributed by atoms with van der Waals surface area (Å²) in [5.74, 6) is -1.37. The molecule has 4 unspecified atom stereocenters. The molecule has 2 fully saturated rings. The number of carbonyl (C=O) groups is 2. The Bertz CT molecular complexity index is 1900. The van der Waals surface area contributed by atoms with Crippen LogP contribution in [0.4, 0.5) is 5.82 Å². The van der Waals surface area contributed by atoms with Gasteiger partial charge in [0.15, 0.2) is 12.3 Å². The smallest absolute Gasteiger partial charge is 0.462 e. The number of aromatic nitrogens is 2. The molecule has 9 atom stereocenters. The number of nitrogen functional groups attached to an aromatic ring is 1. The van der Waals surface area contributed by atoms with Gasteiger partial charge in [0, 0.05) is 19.0 Å². The molecule has 6 N–H and O–H groups in total. The van der Waals surface area contributed by atoms with E-state index in [9.17, 15) is 43.5 Å². The van der Waals surface area contributed by atoms with Crippen LogP contribution in [-0.4, -0.2) is 97.9 Å². The molecule has 2 aliphatic rings. The molecule has 1 aromatic heterocycles. The van der Waals surface area contributed by atoms with Gasteiger partial charge in [0.1, 0.15) is 30.7 Å². The molecule has 0 radical (unpaired) electrons. The quantitative estimate of drug-likeness (QED) is 0.0134. The predicted molar refractivity (Wildman–Crippen MR) is 270 cm³/mol. The second-order valence-electron chi connectivity index (χ2n) is 18.4. The summed E-state index contributed by atoms with van der Waals surface area (Å²) < 4.78 is 62.6. The summed E-state index contributed by atoms with van der Waals surface area (Å²) in [6.07, 6.45) is 32.5. The number of unbranched alkanes of at least 4 members (excludes halogenated alkanes) is 18. The number of hydrogen-bond donors (Lipinski definition) is 5. The average molecular weight is 1050 g/mol. The van der Waals surface area contributed by atoms with Crippen LogP contribution < -0.4 is 11.4 Å². The topological polar surface area (TPSA) is 278 Å². The van der Waals surface area contributed by atoms with Gasteiger partial charge in [0.25, 0.3) is 0 Å². The van der Waals surface area contributed by atoms with E-state index in [0.29, 0.717) is 19.3 Å². The number of phosphoric acid groups is 2. The summed E-state index contributed by atoms with van der Waals surface area (Å²) in [5, 5.41) is 20.9. The molecule has 3 rings (SSSR count). The van der Waals surface area contributed by atoms with Gasteiger partial charge in [0.2, 0.25) is 0 Å². The Hall–Kier alpha value is -3.06. The molecule has 406 valence electrons. The lowest BCUT2D eigenvalue weighted by Crippen LogP contribution is -2.36. The van der Waals surface area contributed by atoms with Gasteiger partial charge in [-0.3, -0.25) is 23.2 Å². The van der Waals surface area contributed by atoms with Crippen molar-refractivity contribution < 1.29 is 71.0 Å². The fourth-order valence-electron chi connectivity index (χ4n) is 7.94. The lowest BCUT2D eigenvalue weighted by Gasteiger charge is -2.21. The zero-order valence-corrected chi connectivity index (χ0v) is 44.0. The first-order valence-electron chi connectivity index (χ1n) is 26.1. The van der Waals surface area contributed by atoms with Crippen LogP contribution in [-0.2, 0) is 51.0 Å². The first-order chi connectivity index (χ1) is 34.1. The second-order valence-corrected chi connectivity index (χ2v) is 21.5. The monoisotopic (exact) mass is 1050 g/mol. The van der Waals surface area contributed by atoms with Crippen molar-refractivity contribution >= 4 is 33.4 Å². The van der Waals surface area contributed by atoms with Crippen molar-refractivity contribution in [3.63, 3.8) is 0 Å². The number of carbonyl (C=O) groups excluding carboxylic acids is 2. The highest BCUT2D eigenvalue weighted by Gasteiger charge is 2.46. The molecule has 2 saturated heterocycles. The van der Waals surface area contributed by atoms with E-state index in [4.69, 9.17) is 33.7 Å². The highest BCUT2D eigenvalue weighted by Crippen LogP contribution is 2.60. The fraction of sp³-hybridized carbons (Fsp3) is 0.760. The zero-order chi connectivity index (χ0) is 51.7. The molecule has 0 saturated carbocycles. The van der Waals surface area contributed by atoms with Crippen molar-refractivity contribution in [3.8, 4) is 0 Å². The molecule has 19 nitrogen and oxygen atoms in total. The van der Waals surface area contributed by atoms with Gasteiger partial charge in [-0.05, 0) is 57.4 Å². The molecule has 0 bridgehead atoms. The van der Waals surface area contributed by atoms with Crippen LogP contribution in [0.2, 0.25) is 0 Å². The van der Waals surface area contributed by atoms with Crippen LogP contribution in [0.1, 0.15) is 187 Å². The Morgan fingerprint density at radius 2 is 1.23 bits per heavy atom. The standard InChI is InChI=1S/C50H85N3O16P2/c1-3-5-7-9-11-13-14-15-16-17-18-20-22-24-29-33-45(54)63-37-40(66-46(55)34-30-26-25-28-32-42-41(67-42)31-27-23-21-19-12-10-8-6-4-2)38-64-70(59,60)69-71(61,62)65-39-43-47(56)48(57)49(68-43)53-36-35-44(51)52-50(53)58/h12,19,23,25,27-28,35-36,40-43,47-49,56-57H,3-11,13-18,20-22,24,26,29-34,37-39H2,1-2H3,(H,59,60)(H,61,62)(H2,51,52,58)/b19-12-,27-23-,28-25-/t40-,41?,42?,43-,47-,48-,49-/m1/s1. The zero-order valence-electron chi connectivity index (χ0n) is 42.2. The third kappa shape index (κ3) is 28.3. The van der Waals surface area contributed by atoms with Gasteiger partial charge < -0.3 is 44.7 Å². The number of aliphatic hydroxyl groups is 2. The van der Waals surface area contributed by atoms with Gasteiger partial charge in [-0.15, -0.1) is 0 Å². The average Bonchev–Trinajstić information content (AvgIpc) is 4.02. The molecule has 71 heavy (non-hydrogen) atoms. The van der Waals surface area contributed by atoms with E-state index in [-0.39, 0.29) is 30.9 Å². The third-order valence-electron chi connectivity index (χ3n) is 12.1. The molecule has 21 heteroatoms. The Morgan fingerprint density at radius 1 is 0.690 bits per heavy atom. The Kier molecular flexibility index (Phi) is 31.5. The number of anilines is 1. The highest BCUT2D eigenvalue weighted by atomic mass is 31.3. The maximum atomic E-state index is 12.9. The summed E-state index contributed by atoms with van der Waals surface area (Å²) >= 11 is 0. The summed E-state index contributed by atoms with van der Waals surface area (Å²) in [6, 6.07) is 1.25. The number of nitrogens with zero attached hydrogens (tertiary/aromatic N) is 2. The SMILES string of the molecule is CCCCC/C=C\C/C=C\CC1OC1C/C=C\CCCC(=O)O[C@H](COC(=O)CCCCCCCCCCCCCCCCC)COP(=O)(O)OP(=O)(O)OC[C@H]1O[C@@H](n2ccc(N)nc2=O)[C@H](O)[C@@H]1O. The minimum absolute atomic E-state index is 0.0323. The molecule has 0 spiro atoms. The van der Waals surface area contributed by atoms with Crippen molar-refractivity contribution in [2.75, 3.05) is 25.6 Å². The first-order valence-corrected chi connectivity index (χ1v) is 29.1. The number of ether oxygens (including phenoxy) is 4. The number of hydrogen-bond acceptors (Lipinski definition) is 16. The number of aliphatic hydroxyl groups excluding tert-OH is 2. The number of epoxide rings is 1. The minimum atomic E-state index is -5.44. The van der Waals surface area contributed by atoms with E-state index in [1.54, 1.807) is 0 Å². The molecule has 0 amide bonds. The van der Waals surface area contributed by atoms with Gasteiger partial charge in [-0.1, -0.05) is 153 Å². The van der Waals surface area contributed by atoms with Crippen molar-refractivity contribution in [2.45, 2.75) is 224 Å².